The van der Waals surface area contributed by atoms with Crippen LogP contribution < -0.4 is 0 Å². The summed E-state index contributed by atoms with van der Waals surface area (Å²) in [5.41, 5.74) is 3.23. The maximum Gasteiger partial charge on any atom is 0.160 e. The molecular weight excluding hydrogens is 258 g/mol. The van der Waals surface area contributed by atoms with Gasteiger partial charge in [-0.3, -0.25) is 0 Å². The van der Waals surface area contributed by atoms with Gasteiger partial charge in [-0.1, -0.05) is 20.8 Å². The van der Waals surface area contributed by atoms with Gasteiger partial charge < -0.3 is 4.57 Å². The van der Waals surface area contributed by atoms with E-state index in [2.05, 4.69) is 43.3 Å². The monoisotopic (exact) mass is 279 g/mol. The number of nitrogens with zero attached hydrogens (tertiary/aromatic N) is 3. The van der Waals surface area contributed by atoms with E-state index in [4.69, 9.17) is 16.6 Å². The minimum Gasteiger partial charge on any atom is -0.309 e. The van der Waals surface area contributed by atoms with Crippen LogP contribution in [-0.2, 0) is 6.42 Å². The molecule has 0 aromatic carbocycles. The van der Waals surface area contributed by atoms with Crippen LogP contribution in [0.3, 0.4) is 0 Å². The van der Waals surface area contributed by atoms with Gasteiger partial charge in [0.1, 0.15) is 11.3 Å². The molecule has 1 unspecified atom stereocenters. The van der Waals surface area contributed by atoms with E-state index in [0.29, 0.717) is 11.9 Å². The third-order valence-electron chi connectivity index (χ3n) is 3.70. The molecule has 0 radical (unpaired) electrons. The lowest BCUT2D eigenvalue weighted by Gasteiger charge is -2.30. The molecule has 0 spiro atoms. The van der Waals surface area contributed by atoms with Crippen LogP contribution in [0.2, 0.25) is 0 Å². The van der Waals surface area contributed by atoms with Crippen molar-refractivity contribution in [2.75, 3.05) is 5.88 Å². The maximum atomic E-state index is 5.91. The van der Waals surface area contributed by atoms with Crippen LogP contribution in [0.1, 0.15) is 45.1 Å². The van der Waals surface area contributed by atoms with Gasteiger partial charge in [-0.05, 0) is 30.9 Å². The first-order chi connectivity index (χ1) is 8.84. The zero-order chi connectivity index (χ0) is 14.2. The van der Waals surface area contributed by atoms with Crippen molar-refractivity contribution in [1.82, 2.24) is 14.5 Å². The maximum absolute atomic E-state index is 5.91. The first-order valence-corrected chi connectivity index (χ1v) is 7.27. The van der Waals surface area contributed by atoms with Gasteiger partial charge in [0.25, 0.3) is 0 Å². The summed E-state index contributed by atoms with van der Waals surface area (Å²) in [6.07, 6.45) is 2.68. The summed E-state index contributed by atoms with van der Waals surface area (Å²) in [6, 6.07) is 2.41. The molecule has 104 valence electrons. The van der Waals surface area contributed by atoms with Crippen molar-refractivity contribution in [3.63, 3.8) is 0 Å². The fourth-order valence-corrected chi connectivity index (χ4v) is 2.35. The number of hydrogen-bond donors (Lipinski definition) is 0. The van der Waals surface area contributed by atoms with Gasteiger partial charge >= 0.3 is 0 Å². The number of fused-ring (bicyclic) bond motifs is 1. The van der Waals surface area contributed by atoms with Crippen molar-refractivity contribution in [3.8, 4) is 0 Å². The Morgan fingerprint density at radius 3 is 2.63 bits per heavy atom. The molecule has 0 saturated carbocycles. The second-order valence-corrected chi connectivity index (χ2v) is 6.61. The summed E-state index contributed by atoms with van der Waals surface area (Å²) >= 11 is 5.91. The SMILES string of the molecule is Cc1cnc2c(c1)nc(CCCl)n2C(C)C(C)(C)C. The van der Waals surface area contributed by atoms with E-state index in [9.17, 15) is 0 Å². The van der Waals surface area contributed by atoms with Gasteiger partial charge in [0.2, 0.25) is 0 Å². The number of pyridine rings is 1. The molecule has 0 fully saturated rings. The zero-order valence-electron chi connectivity index (χ0n) is 12.4. The third kappa shape index (κ3) is 2.76. The lowest BCUT2D eigenvalue weighted by molar-refractivity contribution is 0.262. The largest absolute Gasteiger partial charge is 0.309 e. The first-order valence-electron chi connectivity index (χ1n) is 6.74. The Balaban J connectivity index is 2.64. The fraction of sp³-hybridized carbons (Fsp3) is 0.600. The smallest absolute Gasteiger partial charge is 0.160 e. The lowest BCUT2D eigenvalue weighted by Crippen LogP contribution is -2.23. The summed E-state index contributed by atoms with van der Waals surface area (Å²) < 4.78 is 2.25. The van der Waals surface area contributed by atoms with Gasteiger partial charge in [0.05, 0.1) is 0 Å². The molecule has 0 saturated heterocycles. The molecule has 0 amide bonds. The molecule has 2 aromatic rings. The zero-order valence-corrected chi connectivity index (χ0v) is 13.1. The van der Waals surface area contributed by atoms with E-state index < -0.39 is 0 Å². The highest BCUT2D eigenvalue weighted by atomic mass is 35.5. The number of hydrogen-bond acceptors (Lipinski definition) is 2. The second-order valence-electron chi connectivity index (χ2n) is 6.23. The van der Waals surface area contributed by atoms with E-state index >= 15 is 0 Å². The molecule has 0 bridgehead atoms. The van der Waals surface area contributed by atoms with Crippen LogP contribution in [0.4, 0.5) is 0 Å². The topological polar surface area (TPSA) is 30.7 Å². The predicted octanol–water partition coefficient (Wildman–Crippen LogP) is 4.13. The Labute approximate surface area is 120 Å². The number of rotatable bonds is 3. The van der Waals surface area contributed by atoms with Crippen molar-refractivity contribution >= 4 is 22.8 Å². The quantitative estimate of drug-likeness (QED) is 0.791. The fourth-order valence-electron chi connectivity index (χ4n) is 2.18. The molecule has 0 aliphatic heterocycles. The molecule has 0 N–H and O–H groups in total. The molecule has 1 atom stereocenters. The highest BCUT2D eigenvalue weighted by Crippen LogP contribution is 2.33. The van der Waals surface area contributed by atoms with Crippen molar-refractivity contribution in [1.29, 1.82) is 0 Å². The molecule has 2 rings (SSSR count). The van der Waals surface area contributed by atoms with E-state index in [-0.39, 0.29) is 5.41 Å². The van der Waals surface area contributed by atoms with Crippen molar-refractivity contribution < 1.29 is 0 Å². The van der Waals surface area contributed by atoms with Crippen LogP contribution >= 0.6 is 11.6 Å². The number of aryl methyl sites for hydroxylation is 2. The Morgan fingerprint density at radius 1 is 1.37 bits per heavy atom. The van der Waals surface area contributed by atoms with Crippen molar-refractivity contribution in [3.05, 3.63) is 23.7 Å². The van der Waals surface area contributed by atoms with Crippen LogP contribution in [0.5, 0.6) is 0 Å². The summed E-state index contributed by atoms with van der Waals surface area (Å²) in [7, 11) is 0. The molecule has 19 heavy (non-hydrogen) atoms. The average molecular weight is 280 g/mol. The lowest BCUT2D eigenvalue weighted by atomic mass is 9.87. The number of aromatic nitrogens is 3. The molecule has 4 heteroatoms. The Hall–Kier alpha value is -1.09. The van der Waals surface area contributed by atoms with Crippen LogP contribution in [0, 0.1) is 12.3 Å². The first kappa shape index (κ1) is 14.3. The molecule has 2 aromatic heterocycles. The Morgan fingerprint density at radius 2 is 2.05 bits per heavy atom. The van der Waals surface area contributed by atoms with E-state index in [1.165, 1.54) is 0 Å². The molecule has 2 heterocycles. The average Bonchev–Trinajstić information content (AvgIpc) is 2.64. The molecular formula is C15H22ClN3. The summed E-state index contributed by atoms with van der Waals surface area (Å²) in [4.78, 5) is 9.29. The van der Waals surface area contributed by atoms with Crippen LogP contribution in [0.25, 0.3) is 11.2 Å². The highest BCUT2D eigenvalue weighted by molar-refractivity contribution is 6.17. The second kappa shape index (κ2) is 5.12. The molecule has 3 nitrogen and oxygen atoms in total. The van der Waals surface area contributed by atoms with Gasteiger partial charge in [0, 0.05) is 24.5 Å². The van der Waals surface area contributed by atoms with Gasteiger partial charge in [-0.15, -0.1) is 11.6 Å². The highest BCUT2D eigenvalue weighted by Gasteiger charge is 2.26. The molecule has 0 aliphatic rings. The minimum atomic E-state index is 0.154. The summed E-state index contributed by atoms with van der Waals surface area (Å²) in [5, 5.41) is 0. The van der Waals surface area contributed by atoms with E-state index in [1.54, 1.807) is 0 Å². The Bertz CT molecular complexity index is 581. The van der Waals surface area contributed by atoms with Crippen LogP contribution in [-0.4, -0.2) is 20.4 Å². The number of alkyl halides is 1. The van der Waals surface area contributed by atoms with Gasteiger partial charge in [-0.25, -0.2) is 9.97 Å². The van der Waals surface area contributed by atoms with E-state index in [1.807, 2.05) is 13.1 Å². The Kier molecular flexibility index (Phi) is 3.86. The molecule has 0 aliphatic carbocycles. The minimum absolute atomic E-state index is 0.154. The number of halogens is 1. The van der Waals surface area contributed by atoms with E-state index in [0.717, 1.165) is 29.0 Å². The summed E-state index contributed by atoms with van der Waals surface area (Å²) in [6.45, 7) is 11.0. The third-order valence-corrected chi connectivity index (χ3v) is 3.89. The normalized spacial score (nSPS) is 14.0. The van der Waals surface area contributed by atoms with Crippen LogP contribution in [0.15, 0.2) is 12.3 Å². The van der Waals surface area contributed by atoms with Crippen molar-refractivity contribution in [2.45, 2.75) is 47.1 Å². The number of imidazole rings is 1. The standard InChI is InChI=1S/C15H22ClN3/c1-10-8-12-14(17-9-10)19(11(2)15(3,4)5)13(18-12)6-7-16/h8-9,11H,6-7H2,1-5H3. The van der Waals surface area contributed by atoms with Crippen molar-refractivity contribution in [2.24, 2.45) is 5.41 Å². The predicted molar refractivity (Wildman–Crippen MR) is 80.9 cm³/mol. The summed E-state index contributed by atoms with van der Waals surface area (Å²) in [5.74, 6) is 1.62. The van der Waals surface area contributed by atoms with Gasteiger partial charge in [0.15, 0.2) is 5.65 Å². The van der Waals surface area contributed by atoms with Gasteiger partial charge in [-0.2, -0.15) is 0 Å².